The maximum atomic E-state index is 10.7. The van der Waals surface area contributed by atoms with Gasteiger partial charge in [0.05, 0.1) is 6.61 Å². The summed E-state index contributed by atoms with van der Waals surface area (Å²) in [6, 6.07) is -0.146. The number of nitrogens with one attached hydrogen (secondary N) is 1. The zero-order chi connectivity index (χ0) is 9.40. The third-order valence-corrected chi connectivity index (χ3v) is 1.14. The number of esters is 1. The lowest BCUT2D eigenvalue weighted by Crippen LogP contribution is -2.22. The van der Waals surface area contributed by atoms with Gasteiger partial charge in [-0.05, 0) is 13.8 Å². The number of hydrogen-bond donors (Lipinski definition) is 1. The van der Waals surface area contributed by atoms with Gasteiger partial charge in [-0.3, -0.25) is 4.79 Å². The number of carbonyl (C=O) groups excluding carboxylic acids is 2. The van der Waals surface area contributed by atoms with Gasteiger partial charge in [-0.2, -0.15) is 0 Å². The van der Waals surface area contributed by atoms with Gasteiger partial charge in [-0.15, -0.1) is 0 Å². The number of amides is 1. The molecule has 0 fully saturated rings. The van der Waals surface area contributed by atoms with E-state index in [1.165, 1.54) is 6.08 Å². The molecule has 0 aromatic heterocycles. The zero-order valence-electron chi connectivity index (χ0n) is 7.24. The summed E-state index contributed by atoms with van der Waals surface area (Å²) >= 11 is 0. The van der Waals surface area contributed by atoms with Gasteiger partial charge in [0.2, 0.25) is 6.41 Å². The minimum absolute atomic E-state index is 0.146. The second-order valence-electron chi connectivity index (χ2n) is 2.18. The van der Waals surface area contributed by atoms with Crippen molar-refractivity contribution in [1.29, 1.82) is 0 Å². The number of hydrogen-bond acceptors (Lipinski definition) is 3. The van der Waals surface area contributed by atoms with Crippen molar-refractivity contribution in [2.75, 3.05) is 6.61 Å². The predicted molar refractivity (Wildman–Crippen MR) is 44.4 cm³/mol. The van der Waals surface area contributed by atoms with Crippen molar-refractivity contribution in [3.05, 3.63) is 12.2 Å². The van der Waals surface area contributed by atoms with Crippen LogP contribution in [0.2, 0.25) is 0 Å². The van der Waals surface area contributed by atoms with Crippen molar-refractivity contribution < 1.29 is 14.3 Å². The Morgan fingerprint density at radius 1 is 1.67 bits per heavy atom. The highest BCUT2D eigenvalue weighted by Crippen LogP contribution is 1.85. The van der Waals surface area contributed by atoms with Gasteiger partial charge < -0.3 is 10.1 Å². The first-order valence-electron chi connectivity index (χ1n) is 3.75. The molecule has 0 aliphatic heterocycles. The lowest BCUT2D eigenvalue weighted by atomic mass is 10.3. The van der Waals surface area contributed by atoms with Gasteiger partial charge in [0.15, 0.2) is 0 Å². The molecule has 0 aromatic carbocycles. The molecule has 0 aliphatic rings. The molecule has 0 saturated carbocycles. The van der Waals surface area contributed by atoms with Crippen LogP contribution in [0.3, 0.4) is 0 Å². The molecule has 0 radical (unpaired) electrons. The first-order chi connectivity index (χ1) is 5.70. The van der Waals surface area contributed by atoms with Crippen LogP contribution in [0.15, 0.2) is 12.2 Å². The molecule has 0 saturated heterocycles. The Morgan fingerprint density at radius 3 is 2.83 bits per heavy atom. The molecule has 1 N–H and O–H groups in total. The number of rotatable bonds is 5. The molecule has 0 aromatic rings. The third kappa shape index (κ3) is 5.46. The molecule has 4 heteroatoms. The average Bonchev–Trinajstić information content (AvgIpc) is 2.02. The maximum absolute atomic E-state index is 10.7. The van der Waals surface area contributed by atoms with Crippen molar-refractivity contribution in [2.24, 2.45) is 0 Å². The van der Waals surface area contributed by atoms with Gasteiger partial charge in [0, 0.05) is 12.1 Å². The van der Waals surface area contributed by atoms with E-state index in [2.05, 4.69) is 10.1 Å². The van der Waals surface area contributed by atoms with Crippen LogP contribution in [0.1, 0.15) is 13.8 Å². The first kappa shape index (κ1) is 10.7. The Labute approximate surface area is 71.6 Å². The Bertz CT molecular complexity index is 177. The molecule has 0 bridgehead atoms. The second kappa shape index (κ2) is 6.39. The zero-order valence-corrected chi connectivity index (χ0v) is 7.24. The molecular formula is C8H13NO3. The molecule has 0 heterocycles. The monoisotopic (exact) mass is 171 g/mol. The molecule has 68 valence electrons. The largest absolute Gasteiger partial charge is 0.463 e. The van der Waals surface area contributed by atoms with Crippen LogP contribution in [0, 0.1) is 0 Å². The van der Waals surface area contributed by atoms with E-state index >= 15 is 0 Å². The van der Waals surface area contributed by atoms with Gasteiger partial charge in [0.25, 0.3) is 0 Å². The Hall–Kier alpha value is -1.32. The van der Waals surface area contributed by atoms with E-state index in [1.54, 1.807) is 19.9 Å². The van der Waals surface area contributed by atoms with Crippen molar-refractivity contribution >= 4 is 12.4 Å². The minimum atomic E-state index is -0.392. The Kier molecular flexibility index (Phi) is 5.69. The lowest BCUT2D eigenvalue weighted by Gasteiger charge is -2.01. The van der Waals surface area contributed by atoms with Gasteiger partial charge in [0.1, 0.15) is 0 Å². The highest BCUT2D eigenvalue weighted by Gasteiger charge is 1.96. The Balaban J connectivity index is 3.72. The van der Waals surface area contributed by atoms with E-state index in [-0.39, 0.29) is 6.04 Å². The summed E-state index contributed by atoms with van der Waals surface area (Å²) in [5.74, 6) is -0.392. The van der Waals surface area contributed by atoms with Crippen LogP contribution >= 0.6 is 0 Å². The summed E-state index contributed by atoms with van der Waals surface area (Å²) < 4.78 is 4.63. The van der Waals surface area contributed by atoms with Crippen LogP contribution in [0.25, 0.3) is 0 Å². The summed E-state index contributed by atoms with van der Waals surface area (Å²) in [6.45, 7) is 3.85. The fourth-order valence-corrected chi connectivity index (χ4v) is 0.576. The lowest BCUT2D eigenvalue weighted by molar-refractivity contribution is -0.137. The van der Waals surface area contributed by atoms with E-state index in [9.17, 15) is 9.59 Å². The average molecular weight is 171 g/mol. The molecule has 12 heavy (non-hydrogen) atoms. The van der Waals surface area contributed by atoms with Crippen LogP contribution < -0.4 is 5.32 Å². The number of carbonyl (C=O) groups is 2. The molecule has 1 atom stereocenters. The quantitative estimate of drug-likeness (QED) is 0.366. The van der Waals surface area contributed by atoms with E-state index in [0.29, 0.717) is 13.0 Å². The standard InChI is InChI=1S/C8H13NO3/c1-3-12-8(11)5-4-7(2)9-6-10/h4-7H,3H2,1-2H3,(H,9,10)/b5-4+. The van der Waals surface area contributed by atoms with E-state index in [4.69, 9.17) is 0 Å². The second-order valence-corrected chi connectivity index (χ2v) is 2.18. The highest BCUT2D eigenvalue weighted by molar-refractivity contribution is 5.82. The summed E-state index contributed by atoms with van der Waals surface area (Å²) in [5, 5.41) is 2.47. The molecule has 0 aliphatic carbocycles. The van der Waals surface area contributed by atoms with E-state index in [0.717, 1.165) is 0 Å². The molecule has 1 unspecified atom stereocenters. The maximum Gasteiger partial charge on any atom is 0.330 e. The summed E-state index contributed by atoms with van der Waals surface area (Å²) in [6.07, 6.45) is 3.44. The van der Waals surface area contributed by atoms with E-state index in [1.807, 2.05) is 0 Å². The third-order valence-electron chi connectivity index (χ3n) is 1.14. The summed E-state index contributed by atoms with van der Waals surface area (Å²) in [4.78, 5) is 20.7. The predicted octanol–water partition coefficient (Wildman–Crippen LogP) is 0.240. The Morgan fingerprint density at radius 2 is 2.33 bits per heavy atom. The topological polar surface area (TPSA) is 55.4 Å². The van der Waals surface area contributed by atoms with Crippen LogP contribution in [-0.2, 0) is 14.3 Å². The van der Waals surface area contributed by atoms with Crippen molar-refractivity contribution in [1.82, 2.24) is 5.32 Å². The van der Waals surface area contributed by atoms with Crippen LogP contribution in [0.5, 0.6) is 0 Å². The first-order valence-corrected chi connectivity index (χ1v) is 3.75. The normalized spacial score (nSPS) is 12.5. The van der Waals surface area contributed by atoms with Crippen molar-refractivity contribution in [2.45, 2.75) is 19.9 Å². The van der Waals surface area contributed by atoms with Gasteiger partial charge >= 0.3 is 5.97 Å². The summed E-state index contributed by atoms with van der Waals surface area (Å²) in [5.41, 5.74) is 0. The smallest absolute Gasteiger partial charge is 0.330 e. The molecule has 0 spiro atoms. The molecular weight excluding hydrogens is 158 g/mol. The summed E-state index contributed by atoms with van der Waals surface area (Å²) in [7, 11) is 0. The van der Waals surface area contributed by atoms with Gasteiger partial charge in [-0.1, -0.05) is 6.08 Å². The van der Waals surface area contributed by atoms with Crippen molar-refractivity contribution in [3.63, 3.8) is 0 Å². The highest BCUT2D eigenvalue weighted by atomic mass is 16.5. The van der Waals surface area contributed by atoms with Gasteiger partial charge in [-0.25, -0.2) is 4.79 Å². The SMILES string of the molecule is CCOC(=O)/C=C/C(C)NC=O. The molecule has 4 nitrogen and oxygen atoms in total. The number of ether oxygens (including phenoxy) is 1. The van der Waals surface area contributed by atoms with Crippen LogP contribution in [0.4, 0.5) is 0 Å². The fourth-order valence-electron chi connectivity index (χ4n) is 0.576. The van der Waals surface area contributed by atoms with E-state index < -0.39 is 5.97 Å². The van der Waals surface area contributed by atoms with Crippen molar-refractivity contribution in [3.8, 4) is 0 Å². The minimum Gasteiger partial charge on any atom is -0.463 e. The van der Waals surface area contributed by atoms with Crippen LogP contribution in [-0.4, -0.2) is 25.0 Å². The molecule has 0 rings (SSSR count). The fraction of sp³-hybridized carbons (Fsp3) is 0.500. The molecule has 1 amide bonds.